The van der Waals surface area contributed by atoms with Gasteiger partial charge in [-0.2, -0.15) is 15.1 Å². The van der Waals surface area contributed by atoms with Crippen molar-refractivity contribution in [2.45, 2.75) is 20.4 Å². The standard InChI is InChI=1S/C25H20FN5OS/c1-15-12-18(16(2)30(15)14-17-8-4-3-5-9-17)13-20-22(27)31-25(28-23(20)32)33-24(29-31)19-10-6-7-11-21(19)26/h3-13,27H,14H2,1-2H3/b20-13-,27-22?. The summed E-state index contributed by atoms with van der Waals surface area (Å²) in [6, 6.07) is 18.4. The molecule has 5 rings (SSSR count). The first kappa shape index (κ1) is 21.1. The quantitative estimate of drug-likeness (QED) is 0.563. The van der Waals surface area contributed by atoms with Crippen molar-refractivity contribution in [1.29, 1.82) is 5.41 Å². The second kappa shape index (κ2) is 8.29. The Morgan fingerprint density at radius 2 is 1.82 bits per heavy atom. The number of carbonyl (C=O) groups excluding carboxylic acids is 1. The van der Waals surface area contributed by atoms with Crippen LogP contribution in [0.3, 0.4) is 0 Å². The number of hydrogen-bond donors (Lipinski definition) is 1. The van der Waals surface area contributed by atoms with Gasteiger partial charge in [-0.25, -0.2) is 4.39 Å². The molecule has 1 N–H and O–H groups in total. The number of nitrogens with one attached hydrogen (secondary N) is 1. The molecule has 1 amide bonds. The fourth-order valence-corrected chi connectivity index (χ4v) is 4.79. The Labute approximate surface area is 194 Å². The highest BCUT2D eigenvalue weighted by Crippen LogP contribution is 2.32. The molecule has 6 nitrogen and oxygen atoms in total. The number of aryl methyl sites for hydroxylation is 1. The maximum atomic E-state index is 14.2. The number of fused-ring (bicyclic) bond motifs is 1. The van der Waals surface area contributed by atoms with E-state index in [1.165, 1.54) is 16.6 Å². The van der Waals surface area contributed by atoms with E-state index >= 15 is 0 Å². The van der Waals surface area contributed by atoms with Crippen LogP contribution >= 0.6 is 11.8 Å². The van der Waals surface area contributed by atoms with Crippen LogP contribution in [0, 0.1) is 25.1 Å². The third-order valence-electron chi connectivity index (χ3n) is 5.65. The zero-order valence-corrected chi connectivity index (χ0v) is 18.9. The molecule has 0 unspecified atom stereocenters. The minimum atomic E-state index is -0.503. The number of aliphatic imine (C=N–C) groups is 1. The Bertz CT molecular complexity index is 1390. The Morgan fingerprint density at radius 1 is 1.09 bits per heavy atom. The van der Waals surface area contributed by atoms with Crippen molar-refractivity contribution in [2.75, 3.05) is 0 Å². The Balaban J connectivity index is 1.47. The lowest BCUT2D eigenvalue weighted by molar-refractivity contribution is -0.114. The summed E-state index contributed by atoms with van der Waals surface area (Å²) in [6.45, 7) is 4.73. The number of amidine groups is 2. The molecule has 0 aliphatic carbocycles. The van der Waals surface area contributed by atoms with Crippen molar-refractivity contribution in [3.8, 4) is 0 Å². The number of thioether (sulfide) groups is 1. The molecular weight excluding hydrogens is 437 g/mol. The molecule has 0 atom stereocenters. The Kier molecular flexibility index (Phi) is 5.30. The van der Waals surface area contributed by atoms with Gasteiger partial charge in [-0.15, -0.1) is 0 Å². The normalized spacial score (nSPS) is 16.8. The average molecular weight is 458 g/mol. The molecule has 2 aromatic carbocycles. The SMILES string of the molecule is Cc1cc(/C=C2/C(=N)N3N=C(c4ccccc4F)SC3=NC2=O)c(C)n1Cc1ccccc1. The van der Waals surface area contributed by atoms with Crippen molar-refractivity contribution in [1.82, 2.24) is 9.58 Å². The van der Waals surface area contributed by atoms with Gasteiger partial charge in [0, 0.05) is 23.5 Å². The molecule has 0 saturated carbocycles. The molecule has 164 valence electrons. The fraction of sp³-hybridized carbons (Fsp3) is 0.120. The van der Waals surface area contributed by atoms with Crippen molar-refractivity contribution in [2.24, 2.45) is 10.1 Å². The molecule has 0 saturated heterocycles. The highest BCUT2D eigenvalue weighted by atomic mass is 32.2. The van der Waals surface area contributed by atoms with Gasteiger partial charge in [-0.3, -0.25) is 10.2 Å². The summed E-state index contributed by atoms with van der Waals surface area (Å²) in [5.41, 5.74) is 4.54. The molecule has 2 aliphatic heterocycles. The second-order valence-electron chi connectivity index (χ2n) is 7.80. The van der Waals surface area contributed by atoms with Crippen molar-refractivity contribution >= 4 is 39.8 Å². The van der Waals surface area contributed by atoms with Crippen LogP contribution in [0.4, 0.5) is 4.39 Å². The summed E-state index contributed by atoms with van der Waals surface area (Å²) in [6.07, 6.45) is 1.69. The first-order chi connectivity index (χ1) is 15.9. The molecule has 1 aromatic heterocycles. The molecule has 8 heteroatoms. The average Bonchev–Trinajstić information content (AvgIpc) is 3.34. The molecule has 2 aliphatic rings. The highest BCUT2D eigenvalue weighted by molar-refractivity contribution is 8.27. The number of benzene rings is 2. The number of aromatic nitrogens is 1. The summed E-state index contributed by atoms with van der Waals surface area (Å²) in [7, 11) is 0. The van der Waals surface area contributed by atoms with Gasteiger partial charge < -0.3 is 4.57 Å². The number of carbonyl (C=O) groups is 1. The number of nitrogens with zero attached hydrogens (tertiary/aromatic N) is 4. The lowest BCUT2D eigenvalue weighted by atomic mass is 10.1. The number of rotatable bonds is 4. The zero-order chi connectivity index (χ0) is 23.1. The molecule has 0 spiro atoms. The fourth-order valence-electron chi connectivity index (χ4n) is 3.87. The van der Waals surface area contributed by atoms with Crippen LogP contribution < -0.4 is 0 Å². The monoisotopic (exact) mass is 457 g/mol. The predicted molar refractivity (Wildman–Crippen MR) is 130 cm³/mol. The molecule has 0 radical (unpaired) electrons. The molecule has 3 heterocycles. The lowest BCUT2D eigenvalue weighted by Gasteiger charge is -2.20. The third-order valence-corrected chi connectivity index (χ3v) is 6.60. The number of amides is 1. The van der Waals surface area contributed by atoms with Gasteiger partial charge in [0.15, 0.2) is 5.84 Å². The topological polar surface area (TPSA) is 73.8 Å². The first-order valence-electron chi connectivity index (χ1n) is 10.4. The van der Waals surface area contributed by atoms with E-state index in [0.717, 1.165) is 28.7 Å². The summed E-state index contributed by atoms with van der Waals surface area (Å²) in [5, 5.41) is 14.9. The van der Waals surface area contributed by atoms with Crippen molar-refractivity contribution in [3.63, 3.8) is 0 Å². The minimum absolute atomic E-state index is 0.0725. The summed E-state index contributed by atoms with van der Waals surface area (Å²) in [5.74, 6) is -0.989. The van der Waals surface area contributed by atoms with Gasteiger partial charge in [0.05, 0.1) is 5.57 Å². The van der Waals surface area contributed by atoms with E-state index in [4.69, 9.17) is 5.41 Å². The van der Waals surface area contributed by atoms with Gasteiger partial charge in [0.2, 0.25) is 5.17 Å². The van der Waals surface area contributed by atoms with Crippen LogP contribution in [0.15, 0.2) is 76.3 Å². The van der Waals surface area contributed by atoms with Crippen LogP contribution in [0.1, 0.15) is 28.1 Å². The van der Waals surface area contributed by atoms with Gasteiger partial charge in [-0.05, 0) is 61.0 Å². The molecule has 0 fully saturated rings. The zero-order valence-electron chi connectivity index (χ0n) is 18.0. The highest BCUT2D eigenvalue weighted by Gasteiger charge is 2.36. The van der Waals surface area contributed by atoms with Crippen LogP contribution in [0.5, 0.6) is 0 Å². The van der Waals surface area contributed by atoms with Gasteiger partial charge in [0.25, 0.3) is 5.91 Å². The van der Waals surface area contributed by atoms with Crippen molar-refractivity contribution < 1.29 is 9.18 Å². The maximum Gasteiger partial charge on any atom is 0.283 e. The largest absolute Gasteiger partial charge is 0.344 e. The Hall–Kier alpha value is -3.78. The van der Waals surface area contributed by atoms with E-state index in [1.54, 1.807) is 24.3 Å². The number of halogens is 1. The Morgan fingerprint density at radius 3 is 2.58 bits per heavy atom. The predicted octanol–water partition coefficient (Wildman–Crippen LogP) is 4.96. The van der Waals surface area contributed by atoms with Gasteiger partial charge >= 0.3 is 0 Å². The van der Waals surface area contributed by atoms with E-state index in [0.29, 0.717) is 17.2 Å². The summed E-state index contributed by atoms with van der Waals surface area (Å²) < 4.78 is 16.4. The first-order valence-corrected chi connectivity index (χ1v) is 11.2. The van der Waals surface area contributed by atoms with Crippen LogP contribution in [0.25, 0.3) is 6.08 Å². The smallest absolute Gasteiger partial charge is 0.283 e. The number of hydrogen-bond acceptors (Lipinski definition) is 4. The van der Waals surface area contributed by atoms with Gasteiger partial charge in [-0.1, -0.05) is 42.5 Å². The van der Waals surface area contributed by atoms with Crippen LogP contribution in [0.2, 0.25) is 0 Å². The summed E-state index contributed by atoms with van der Waals surface area (Å²) >= 11 is 1.08. The van der Waals surface area contributed by atoms with Crippen LogP contribution in [-0.4, -0.2) is 31.5 Å². The molecule has 0 bridgehead atoms. The number of hydrazone groups is 1. The third kappa shape index (κ3) is 3.82. The van der Waals surface area contributed by atoms with E-state index in [1.807, 2.05) is 38.1 Å². The molecular formula is C25H20FN5OS. The van der Waals surface area contributed by atoms with E-state index in [2.05, 4.69) is 26.8 Å². The lowest BCUT2D eigenvalue weighted by Crippen LogP contribution is -2.35. The van der Waals surface area contributed by atoms with E-state index in [9.17, 15) is 9.18 Å². The maximum absolute atomic E-state index is 14.2. The molecule has 3 aromatic rings. The van der Waals surface area contributed by atoms with Gasteiger partial charge in [0.1, 0.15) is 10.9 Å². The molecule has 33 heavy (non-hydrogen) atoms. The van der Waals surface area contributed by atoms with Crippen molar-refractivity contribution in [3.05, 3.63) is 100 Å². The van der Waals surface area contributed by atoms with E-state index < -0.39 is 11.7 Å². The minimum Gasteiger partial charge on any atom is -0.344 e. The summed E-state index contributed by atoms with van der Waals surface area (Å²) in [4.78, 5) is 16.9. The van der Waals surface area contributed by atoms with Crippen LogP contribution in [-0.2, 0) is 11.3 Å². The van der Waals surface area contributed by atoms with E-state index in [-0.39, 0.29) is 16.6 Å². The second-order valence-corrected chi connectivity index (χ2v) is 8.76.